The van der Waals surface area contributed by atoms with Crippen molar-refractivity contribution in [3.63, 3.8) is 0 Å². The van der Waals surface area contributed by atoms with Crippen molar-refractivity contribution >= 4 is 57.8 Å². The number of anilines is 1. The van der Waals surface area contributed by atoms with Crippen LogP contribution in [0.4, 0.5) is 15.3 Å². The highest BCUT2D eigenvalue weighted by Gasteiger charge is 2.29. The molecular formula is C19H17Cl2N3O3S. The van der Waals surface area contributed by atoms with E-state index in [0.717, 1.165) is 22.9 Å². The third-order valence-corrected chi connectivity index (χ3v) is 5.89. The van der Waals surface area contributed by atoms with E-state index in [4.69, 9.17) is 23.2 Å². The predicted molar refractivity (Wildman–Crippen MR) is 112 cm³/mol. The van der Waals surface area contributed by atoms with Crippen molar-refractivity contribution in [2.24, 2.45) is 0 Å². The molecule has 2 aromatic carbocycles. The lowest BCUT2D eigenvalue weighted by Crippen LogP contribution is -2.31. The molecule has 6 nitrogen and oxygen atoms in total. The van der Waals surface area contributed by atoms with E-state index in [1.54, 1.807) is 43.4 Å². The topological polar surface area (TPSA) is 69.7 Å². The molecule has 1 heterocycles. The molecule has 146 valence electrons. The third-order valence-electron chi connectivity index (χ3n) is 4.17. The SMILES string of the molecule is CN(Cc1cccc(Cl)c1Cl)C(=O)Nc1ccc(CN2C(=O)CSC2=O)cc1. The number of hydrogen-bond donors (Lipinski definition) is 1. The van der Waals surface area contributed by atoms with Gasteiger partial charge in [0.05, 0.1) is 22.3 Å². The summed E-state index contributed by atoms with van der Waals surface area (Å²) in [4.78, 5) is 38.4. The maximum atomic E-state index is 12.4. The molecule has 0 radical (unpaired) electrons. The lowest BCUT2D eigenvalue weighted by molar-refractivity contribution is -0.125. The van der Waals surface area contributed by atoms with Crippen molar-refractivity contribution < 1.29 is 14.4 Å². The van der Waals surface area contributed by atoms with Crippen molar-refractivity contribution in [2.75, 3.05) is 18.1 Å². The quantitative estimate of drug-likeness (QED) is 0.725. The number of carbonyl (C=O) groups excluding carboxylic acids is 3. The van der Waals surface area contributed by atoms with Gasteiger partial charge >= 0.3 is 6.03 Å². The molecule has 0 aromatic heterocycles. The number of amides is 4. The average molecular weight is 438 g/mol. The van der Waals surface area contributed by atoms with Crippen LogP contribution in [0.1, 0.15) is 11.1 Å². The van der Waals surface area contributed by atoms with Gasteiger partial charge in [-0.05, 0) is 29.3 Å². The molecular weight excluding hydrogens is 421 g/mol. The second kappa shape index (κ2) is 8.86. The molecule has 9 heteroatoms. The van der Waals surface area contributed by atoms with Crippen molar-refractivity contribution in [3.05, 3.63) is 63.6 Å². The number of imide groups is 1. The lowest BCUT2D eigenvalue weighted by atomic mass is 10.2. The van der Waals surface area contributed by atoms with Gasteiger partial charge in [0.15, 0.2) is 0 Å². The first-order valence-corrected chi connectivity index (χ1v) is 10.1. The summed E-state index contributed by atoms with van der Waals surface area (Å²) in [5, 5.41) is 3.43. The second-order valence-electron chi connectivity index (χ2n) is 6.23. The summed E-state index contributed by atoms with van der Waals surface area (Å²) < 4.78 is 0. The molecule has 0 aliphatic carbocycles. The summed E-state index contributed by atoms with van der Waals surface area (Å²) in [5.74, 6) is 0.00402. The van der Waals surface area contributed by atoms with E-state index >= 15 is 0 Å². The van der Waals surface area contributed by atoms with E-state index in [1.807, 2.05) is 6.07 Å². The maximum Gasteiger partial charge on any atom is 0.321 e. The Morgan fingerprint density at radius 2 is 1.89 bits per heavy atom. The molecule has 28 heavy (non-hydrogen) atoms. The average Bonchev–Trinajstić information content (AvgIpc) is 2.99. The molecule has 4 amide bonds. The van der Waals surface area contributed by atoms with Crippen LogP contribution in [0.15, 0.2) is 42.5 Å². The van der Waals surface area contributed by atoms with Crippen LogP contribution in [0.25, 0.3) is 0 Å². The Labute approximate surface area is 176 Å². The van der Waals surface area contributed by atoms with E-state index in [0.29, 0.717) is 22.3 Å². The number of urea groups is 1. The first-order chi connectivity index (χ1) is 13.3. The molecule has 0 atom stereocenters. The van der Waals surface area contributed by atoms with Gasteiger partial charge in [-0.3, -0.25) is 14.5 Å². The summed E-state index contributed by atoms with van der Waals surface area (Å²) in [6.07, 6.45) is 0. The van der Waals surface area contributed by atoms with Gasteiger partial charge in [0, 0.05) is 19.3 Å². The Balaban J connectivity index is 1.58. The number of hydrogen-bond acceptors (Lipinski definition) is 4. The zero-order valence-electron chi connectivity index (χ0n) is 14.9. The van der Waals surface area contributed by atoms with Crippen molar-refractivity contribution in [1.82, 2.24) is 9.80 Å². The van der Waals surface area contributed by atoms with E-state index in [-0.39, 0.29) is 29.5 Å². The fourth-order valence-corrected chi connectivity index (χ4v) is 3.73. The van der Waals surface area contributed by atoms with Crippen molar-refractivity contribution in [1.29, 1.82) is 0 Å². The van der Waals surface area contributed by atoms with Gasteiger partial charge in [-0.25, -0.2) is 4.79 Å². The standard InChI is InChI=1S/C19H17Cl2N3O3S/c1-23(10-13-3-2-4-15(20)17(13)21)18(26)22-14-7-5-12(6-8-14)9-24-16(25)11-28-19(24)27/h2-8H,9-11H2,1H3,(H,22,26). The van der Waals surface area contributed by atoms with Crippen LogP contribution in [0.3, 0.4) is 0 Å². The minimum atomic E-state index is -0.301. The van der Waals surface area contributed by atoms with E-state index < -0.39 is 0 Å². The second-order valence-corrected chi connectivity index (χ2v) is 7.94. The van der Waals surface area contributed by atoms with Crippen LogP contribution in [-0.4, -0.2) is 39.8 Å². The van der Waals surface area contributed by atoms with Crippen molar-refractivity contribution in [2.45, 2.75) is 13.1 Å². The summed E-state index contributed by atoms with van der Waals surface area (Å²) in [6, 6.07) is 12.0. The van der Waals surface area contributed by atoms with E-state index in [9.17, 15) is 14.4 Å². The Bertz CT molecular complexity index is 905. The van der Waals surface area contributed by atoms with E-state index in [1.165, 1.54) is 9.80 Å². The van der Waals surface area contributed by atoms with Crippen LogP contribution >= 0.6 is 35.0 Å². The monoisotopic (exact) mass is 437 g/mol. The molecule has 2 aromatic rings. The highest BCUT2D eigenvalue weighted by atomic mass is 35.5. The maximum absolute atomic E-state index is 12.4. The number of nitrogens with zero attached hydrogens (tertiary/aromatic N) is 2. The number of rotatable bonds is 5. The predicted octanol–water partition coefficient (Wildman–Crippen LogP) is 4.85. The number of benzene rings is 2. The lowest BCUT2D eigenvalue weighted by Gasteiger charge is -2.19. The molecule has 1 saturated heterocycles. The summed E-state index contributed by atoms with van der Waals surface area (Å²) in [6.45, 7) is 0.534. The number of thioether (sulfide) groups is 1. The summed E-state index contributed by atoms with van der Waals surface area (Å²) in [5.41, 5.74) is 2.16. The zero-order valence-corrected chi connectivity index (χ0v) is 17.3. The fourth-order valence-electron chi connectivity index (χ4n) is 2.63. The van der Waals surface area contributed by atoms with Crippen LogP contribution in [0.2, 0.25) is 10.0 Å². The first kappa shape index (κ1) is 20.5. The smallest absolute Gasteiger partial charge is 0.321 e. The van der Waals surface area contributed by atoms with Crippen molar-refractivity contribution in [3.8, 4) is 0 Å². The molecule has 0 saturated carbocycles. The van der Waals surface area contributed by atoms with Crippen LogP contribution in [0.5, 0.6) is 0 Å². The molecule has 0 spiro atoms. The minimum Gasteiger partial charge on any atom is -0.323 e. The fraction of sp³-hybridized carbons (Fsp3) is 0.211. The van der Waals surface area contributed by atoms with Gasteiger partial charge in [-0.15, -0.1) is 0 Å². The molecule has 3 rings (SSSR count). The largest absolute Gasteiger partial charge is 0.323 e. The van der Waals surface area contributed by atoms with E-state index in [2.05, 4.69) is 5.32 Å². The Morgan fingerprint density at radius 1 is 1.18 bits per heavy atom. The highest BCUT2D eigenvalue weighted by molar-refractivity contribution is 8.14. The number of nitrogens with one attached hydrogen (secondary N) is 1. The molecule has 1 fully saturated rings. The third kappa shape index (κ3) is 4.79. The molecule has 1 N–H and O–H groups in total. The van der Waals surface area contributed by atoms with Crippen LogP contribution in [-0.2, 0) is 17.9 Å². The normalized spacial score (nSPS) is 13.8. The molecule has 1 aliphatic rings. The van der Waals surface area contributed by atoms with Gasteiger partial charge in [0.25, 0.3) is 5.24 Å². The van der Waals surface area contributed by atoms with Crippen LogP contribution in [0, 0.1) is 0 Å². The Morgan fingerprint density at radius 3 is 2.54 bits per heavy atom. The first-order valence-electron chi connectivity index (χ1n) is 8.36. The van der Waals surface area contributed by atoms with Gasteiger partial charge < -0.3 is 10.2 Å². The van der Waals surface area contributed by atoms with Crippen LogP contribution < -0.4 is 5.32 Å². The number of halogens is 2. The minimum absolute atomic E-state index is 0.186. The molecule has 0 bridgehead atoms. The summed E-state index contributed by atoms with van der Waals surface area (Å²) >= 11 is 13.2. The Hall–Kier alpha value is -2.22. The molecule has 0 unspecified atom stereocenters. The van der Waals surface area contributed by atoms with Gasteiger partial charge in [0.1, 0.15) is 0 Å². The Kier molecular flexibility index (Phi) is 6.49. The zero-order chi connectivity index (χ0) is 20.3. The van der Waals surface area contributed by atoms with Gasteiger partial charge in [-0.2, -0.15) is 0 Å². The van der Waals surface area contributed by atoms with Gasteiger partial charge in [-0.1, -0.05) is 59.2 Å². The van der Waals surface area contributed by atoms with Gasteiger partial charge in [0.2, 0.25) is 5.91 Å². The molecule has 1 aliphatic heterocycles. The summed E-state index contributed by atoms with van der Waals surface area (Å²) in [7, 11) is 1.66. The number of carbonyl (C=O) groups is 3. The highest BCUT2D eigenvalue weighted by Crippen LogP contribution is 2.26.